The number of likely N-dealkylation sites (tertiary alicyclic amines) is 1. The molecule has 5 heteroatoms. The van der Waals surface area contributed by atoms with Crippen LogP contribution in [0, 0.1) is 0 Å². The molecule has 0 spiro atoms. The van der Waals surface area contributed by atoms with Gasteiger partial charge < -0.3 is 14.6 Å². The maximum Gasteiger partial charge on any atom is 0.334 e. The minimum Gasteiger partial charge on any atom is -0.479 e. The zero-order valence-electron chi connectivity index (χ0n) is 10.9. The van der Waals surface area contributed by atoms with Crippen molar-refractivity contribution in [2.45, 2.75) is 38.4 Å². The Hall–Kier alpha value is -0.650. The van der Waals surface area contributed by atoms with E-state index in [1.807, 2.05) is 6.92 Å². The molecule has 1 fully saturated rings. The lowest BCUT2D eigenvalue weighted by Crippen LogP contribution is -2.50. The molecule has 1 saturated heterocycles. The number of carboxylic acid groups (broad SMARTS) is 1. The van der Waals surface area contributed by atoms with Crippen molar-refractivity contribution in [3.63, 3.8) is 0 Å². The maximum atomic E-state index is 11.0. The van der Waals surface area contributed by atoms with Gasteiger partial charge in [0.05, 0.1) is 5.60 Å². The molecule has 2 unspecified atom stereocenters. The van der Waals surface area contributed by atoms with E-state index in [-0.39, 0.29) is 5.60 Å². The van der Waals surface area contributed by atoms with Crippen LogP contribution < -0.4 is 0 Å². The maximum absolute atomic E-state index is 11.0. The standard InChI is InChI=1S/C12H23NO4/c1-4-17-10(11(14)15)8-13-7-5-6-12(2,9-13)16-3/h10H,4-9H2,1-3H3,(H,14,15). The number of ether oxygens (including phenoxy) is 2. The average Bonchev–Trinajstić information content (AvgIpc) is 2.28. The number of carbonyl (C=O) groups is 1. The van der Waals surface area contributed by atoms with Gasteiger partial charge >= 0.3 is 5.97 Å². The minimum atomic E-state index is -0.892. The second-order valence-corrected chi connectivity index (χ2v) is 4.77. The van der Waals surface area contributed by atoms with E-state index < -0.39 is 12.1 Å². The first kappa shape index (κ1) is 14.4. The van der Waals surface area contributed by atoms with E-state index in [1.54, 1.807) is 7.11 Å². The lowest BCUT2D eigenvalue weighted by molar-refractivity contribution is -0.152. The number of nitrogens with zero attached hydrogens (tertiary/aromatic N) is 1. The highest BCUT2D eigenvalue weighted by molar-refractivity contribution is 5.72. The summed E-state index contributed by atoms with van der Waals surface area (Å²) in [6.45, 7) is 6.41. The predicted molar refractivity (Wildman–Crippen MR) is 64.1 cm³/mol. The summed E-state index contributed by atoms with van der Waals surface area (Å²) in [7, 11) is 1.71. The Kier molecular flexibility index (Phi) is 5.36. The summed E-state index contributed by atoms with van der Waals surface area (Å²) in [5.74, 6) is -0.892. The minimum absolute atomic E-state index is 0.159. The molecule has 1 aliphatic heterocycles. The Labute approximate surface area is 103 Å². The summed E-state index contributed by atoms with van der Waals surface area (Å²) in [6.07, 6.45) is 1.31. The fourth-order valence-electron chi connectivity index (χ4n) is 2.27. The van der Waals surface area contributed by atoms with Crippen LogP contribution in [0.3, 0.4) is 0 Å². The number of methoxy groups -OCH3 is 1. The van der Waals surface area contributed by atoms with Gasteiger partial charge in [-0.3, -0.25) is 4.90 Å². The fraction of sp³-hybridized carbons (Fsp3) is 0.917. The molecular formula is C12H23NO4. The van der Waals surface area contributed by atoms with E-state index in [2.05, 4.69) is 11.8 Å². The molecule has 100 valence electrons. The van der Waals surface area contributed by atoms with Gasteiger partial charge in [-0.25, -0.2) is 4.79 Å². The van der Waals surface area contributed by atoms with Gasteiger partial charge in [0.1, 0.15) is 0 Å². The smallest absolute Gasteiger partial charge is 0.334 e. The Morgan fingerprint density at radius 3 is 2.82 bits per heavy atom. The largest absolute Gasteiger partial charge is 0.479 e. The number of rotatable bonds is 6. The molecule has 1 rings (SSSR count). The lowest BCUT2D eigenvalue weighted by atomic mass is 9.94. The molecule has 0 bridgehead atoms. The molecule has 0 aromatic heterocycles. The molecule has 2 atom stereocenters. The Balaban J connectivity index is 2.52. The first-order valence-electron chi connectivity index (χ1n) is 6.12. The number of hydrogen-bond acceptors (Lipinski definition) is 4. The summed E-state index contributed by atoms with van der Waals surface area (Å²) < 4.78 is 10.7. The van der Waals surface area contributed by atoms with Crippen LogP contribution in [-0.2, 0) is 14.3 Å². The summed E-state index contributed by atoms with van der Waals surface area (Å²) in [5, 5.41) is 9.04. The summed E-state index contributed by atoms with van der Waals surface area (Å²) in [4.78, 5) is 13.1. The first-order chi connectivity index (χ1) is 8.00. The van der Waals surface area contributed by atoms with Crippen molar-refractivity contribution in [1.29, 1.82) is 0 Å². The molecular weight excluding hydrogens is 222 g/mol. The van der Waals surface area contributed by atoms with Gasteiger partial charge in [0, 0.05) is 26.8 Å². The normalized spacial score (nSPS) is 27.9. The van der Waals surface area contributed by atoms with Gasteiger partial charge in [0.2, 0.25) is 0 Å². The molecule has 5 nitrogen and oxygen atoms in total. The fourth-order valence-corrected chi connectivity index (χ4v) is 2.27. The topological polar surface area (TPSA) is 59.0 Å². The van der Waals surface area contributed by atoms with Gasteiger partial charge in [-0.15, -0.1) is 0 Å². The van der Waals surface area contributed by atoms with E-state index in [1.165, 1.54) is 0 Å². The van der Waals surface area contributed by atoms with Crippen molar-refractivity contribution in [3.05, 3.63) is 0 Å². The lowest BCUT2D eigenvalue weighted by Gasteiger charge is -2.40. The molecule has 0 amide bonds. The van der Waals surface area contributed by atoms with E-state index in [0.717, 1.165) is 25.9 Å². The average molecular weight is 245 g/mol. The second-order valence-electron chi connectivity index (χ2n) is 4.77. The number of carboxylic acids is 1. The van der Waals surface area contributed by atoms with Crippen LogP contribution in [0.2, 0.25) is 0 Å². The van der Waals surface area contributed by atoms with Gasteiger partial charge in [0.15, 0.2) is 6.10 Å². The van der Waals surface area contributed by atoms with Crippen LogP contribution in [0.25, 0.3) is 0 Å². The molecule has 17 heavy (non-hydrogen) atoms. The van der Waals surface area contributed by atoms with Crippen LogP contribution in [0.1, 0.15) is 26.7 Å². The van der Waals surface area contributed by atoms with Crippen molar-refractivity contribution in [2.75, 3.05) is 33.4 Å². The highest BCUT2D eigenvalue weighted by Crippen LogP contribution is 2.24. The highest BCUT2D eigenvalue weighted by Gasteiger charge is 2.32. The molecule has 0 aromatic carbocycles. The quantitative estimate of drug-likeness (QED) is 0.756. The Morgan fingerprint density at radius 2 is 2.29 bits per heavy atom. The monoisotopic (exact) mass is 245 g/mol. The van der Waals surface area contributed by atoms with E-state index in [9.17, 15) is 4.79 Å². The summed E-state index contributed by atoms with van der Waals surface area (Å²) in [5.41, 5.74) is -0.159. The zero-order valence-corrected chi connectivity index (χ0v) is 10.9. The molecule has 1 aliphatic rings. The Morgan fingerprint density at radius 1 is 1.59 bits per heavy atom. The number of piperidine rings is 1. The molecule has 1 N–H and O–H groups in total. The third-order valence-electron chi connectivity index (χ3n) is 3.30. The second kappa shape index (κ2) is 6.33. The van der Waals surface area contributed by atoms with Crippen LogP contribution in [0.15, 0.2) is 0 Å². The molecule has 0 aromatic rings. The summed E-state index contributed by atoms with van der Waals surface area (Å²) in [6, 6.07) is 0. The van der Waals surface area contributed by atoms with Crippen molar-refractivity contribution < 1.29 is 19.4 Å². The van der Waals surface area contributed by atoms with Gasteiger partial charge in [-0.2, -0.15) is 0 Å². The predicted octanol–water partition coefficient (Wildman–Crippen LogP) is 0.977. The zero-order chi connectivity index (χ0) is 12.9. The van der Waals surface area contributed by atoms with E-state index in [0.29, 0.717) is 13.2 Å². The van der Waals surface area contributed by atoms with Crippen LogP contribution in [0.5, 0.6) is 0 Å². The van der Waals surface area contributed by atoms with E-state index >= 15 is 0 Å². The SMILES string of the molecule is CCOC(CN1CCCC(C)(OC)C1)C(=O)O. The molecule has 0 radical (unpaired) electrons. The third-order valence-corrected chi connectivity index (χ3v) is 3.30. The van der Waals surface area contributed by atoms with Crippen LogP contribution in [-0.4, -0.2) is 61.0 Å². The van der Waals surface area contributed by atoms with E-state index in [4.69, 9.17) is 14.6 Å². The first-order valence-corrected chi connectivity index (χ1v) is 6.12. The third kappa shape index (κ3) is 4.26. The number of hydrogen-bond donors (Lipinski definition) is 1. The molecule has 0 aliphatic carbocycles. The molecule has 0 saturated carbocycles. The van der Waals surface area contributed by atoms with Crippen molar-refractivity contribution in [3.8, 4) is 0 Å². The number of aliphatic carboxylic acids is 1. The van der Waals surface area contributed by atoms with Crippen LogP contribution in [0.4, 0.5) is 0 Å². The van der Waals surface area contributed by atoms with Gasteiger partial charge in [-0.1, -0.05) is 0 Å². The molecule has 1 heterocycles. The van der Waals surface area contributed by atoms with Crippen molar-refractivity contribution in [2.24, 2.45) is 0 Å². The van der Waals surface area contributed by atoms with Gasteiger partial charge in [0.25, 0.3) is 0 Å². The van der Waals surface area contributed by atoms with Crippen molar-refractivity contribution in [1.82, 2.24) is 4.90 Å². The Bertz CT molecular complexity index is 259. The van der Waals surface area contributed by atoms with Crippen LogP contribution >= 0.6 is 0 Å². The summed E-state index contributed by atoms with van der Waals surface area (Å²) >= 11 is 0. The van der Waals surface area contributed by atoms with Gasteiger partial charge in [-0.05, 0) is 33.2 Å². The van der Waals surface area contributed by atoms with Crippen molar-refractivity contribution >= 4 is 5.97 Å². The highest BCUT2D eigenvalue weighted by atomic mass is 16.5.